The Bertz CT molecular complexity index is 590. The molecule has 2 rings (SSSR count). The number of carbonyl (C=O) groups is 1. The van der Waals surface area contributed by atoms with Gasteiger partial charge in [-0.05, 0) is 19.1 Å². The Balaban J connectivity index is 2.53. The minimum absolute atomic E-state index is 0.0374. The number of imidazole rings is 1. The number of methoxy groups -OCH3 is 1. The number of rotatable bonds is 2. The van der Waals surface area contributed by atoms with E-state index in [4.69, 9.17) is 0 Å². The average molecular weight is 311 g/mol. The van der Waals surface area contributed by atoms with Gasteiger partial charge in [0.05, 0.1) is 12.8 Å². The lowest BCUT2D eigenvalue weighted by atomic mass is 10.2. The average Bonchev–Trinajstić information content (AvgIpc) is 2.65. The minimum Gasteiger partial charge on any atom is -0.464 e. The van der Waals surface area contributed by atoms with Crippen molar-refractivity contribution >= 4 is 21.9 Å². The lowest BCUT2D eigenvalue weighted by Gasteiger charge is -2.03. The smallest absolute Gasteiger partial charge is 0.360 e. The molecule has 0 aliphatic rings. The molecule has 1 heterocycles. The van der Waals surface area contributed by atoms with Crippen LogP contribution in [0.2, 0.25) is 0 Å². The summed E-state index contributed by atoms with van der Waals surface area (Å²) in [5.41, 5.74) is 1.16. The van der Waals surface area contributed by atoms with E-state index in [9.17, 15) is 10.0 Å². The number of hydrogen-bond acceptors (Lipinski definition) is 4. The van der Waals surface area contributed by atoms with E-state index in [1.54, 1.807) is 19.1 Å². The zero-order chi connectivity index (χ0) is 13.3. The van der Waals surface area contributed by atoms with Crippen molar-refractivity contribution in [3.05, 3.63) is 40.1 Å². The lowest BCUT2D eigenvalue weighted by molar-refractivity contribution is 0.0549. The van der Waals surface area contributed by atoms with Gasteiger partial charge in [0.1, 0.15) is 0 Å². The highest BCUT2D eigenvalue weighted by atomic mass is 79.9. The molecule has 0 spiro atoms. The van der Waals surface area contributed by atoms with Crippen LogP contribution in [0.5, 0.6) is 0 Å². The SMILES string of the molecule is COC(=O)c1c(C)nc(-c2ccc(Br)cc2)n1O. The summed E-state index contributed by atoms with van der Waals surface area (Å²) in [7, 11) is 1.26. The summed E-state index contributed by atoms with van der Waals surface area (Å²) in [6, 6.07) is 7.24. The molecule has 6 heteroatoms. The highest BCUT2D eigenvalue weighted by Crippen LogP contribution is 2.23. The topological polar surface area (TPSA) is 64.3 Å². The van der Waals surface area contributed by atoms with Crippen LogP contribution in [0.3, 0.4) is 0 Å². The van der Waals surface area contributed by atoms with E-state index in [0.717, 1.165) is 9.20 Å². The summed E-state index contributed by atoms with van der Waals surface area (Å²) < 4.78 is 6.28. The van der Waals surface area contributed by atoms with Crippen molar-refractivity contribution < 1.29 is 14.7 Å². The van der Waals surface area contributed by atoms with Crippen molar-refractivity contribution in [1.82, 2.24) is 9.71 Å². The van der Waals surface area contributed by atoms with E-state index in [2.05, 4.69) is 25.7 Å². The number of hydrogen-bond donors (Lipinski definition) is 1. The first-order valence-corrected chi connectivity index (χ1v) is 5.96. The predicted molar refractivity (Wildman–Crippen MR) is 68.6 cm³/mol. The molecule has 0 amide bonds. The maximum absolute atomic E-state index is 11.5. The van der Waals surface area contributed by atoms with E-state index in [1.165, 1.54) is 7.11 Å². The van der Waals surface area contributed by atoms with Crippen LogP contribution in [0.4, 0.5) is 0 Å². The van der Waals surface area contributed by atoms with Crippen LogP contribution in [0.25, 0.3) is 11.4 Å². The fraction of sp³-hybridized carbons (Fsp3) is 0.167. The second-order valence-corrected chi connectivity index (χ2v) is 4.60. The Labute approximate surface area is 112 Å². The molecule has 0 aliphatic heterocycles. The first kappa shape index (κ1) is 12.6. The maximum Gasteiger partial charge on any atom is 0.360 e. The molecule has 1 aromatic heterocycles. The molecule has 1 N–H and O–H groups in total. The number of benzene rings is 1. The van der Waals surface area contributed by atoms with E-state index in [1.807, 2.05) is 12.1 Å². The summed E-state index contributed by atoms with van der Waals surface area (Å²) in [4.78, 5) is 15.7. The third-order valence-electron chi connectivity index (χ3n) is 2.51. The summed E-state index contributed by atoms with van der Waals surface area (Å²) in [5, 5.41) is 9.98. The molecule has 0 aliphatic carbocycles. The van der Waals surface area contributed by atoms with Gasteiger partial charge in [-0.15, -0.1) is 0 Å². The van der Waals surface area contributed by atoms with E-state index in [-0.39, 0.29) is 5.69 Å². The molecule has 0 radical (unpaired) electrons. The summed E-state index contributed by atoms with van der Waals surface area (Å²) in [6.07, 6.45) is 0. The Kier molecular flexibility index (Phi) is 3.38. The quantitative estimate of drug-likeness (QED) is 0.684. The van der Waals surface area contributed by atoms with Crippen molar-refractivity contribution in [3.8, 4) is 11.4 Å². The maximum atomic E-state index is 11.5. The molecular formula is C12H11BrN2O3. The number of halogens is 1. The van der Waals surface area contributed by atoms with Crippen LogP contribution >= 0.6 is 15.9 Å². The molecule has 2 aromatic rings. The van der Waals surface area contributed by atoms with Crippen molar-refractivity contribution in [3.63, 3.8) is 0 Å². The first-order chi connectivity index (χ1) is 8.54. The van der Waals surface area contributed by atoms with Crippen molar-refractivity contribution in [2.24, 2.45) is 0 Å². The second kappa shape index (κ2) is 4.81. The fourth-order valence-electron chi connectivity index (χ4n) is 1.63. The van der Waals surface area contributed by atoms with Gasteiger partial charge in [0.15, 0.2) is 11.5 Å². The normalized spacial score (nSPS) is 10.4. The fourth-order valence-corrected chi connectivity index (χ4v) is 1.90. The van der Waals surface area contributed by atoms with Crippen molar-refractivity contribution in [2.75, 3.05) is 7.11 Å². The Morgan fingerprint density at radius 2 is 2.00 bits per heavy atom. The third kappa shape index (κ3) is 2.11. The molecule has 94 valence electrons. The highest BCUT2D eigenvalue weighted by Gasteiger charge is 2.21. The van der Waals surface area contributed by atoms with Gasteiger partial charge in [-0.3, -0.25) is 0 Å². The van der Waals surface area contributed by atoms with Gasteiger partial charge < -0.3 is 9.94 Å². The van der Waals surface area contributed by atoms with Crippen LogP contribution in [-0.4, -0.2) is 28.0 Å². The van der Waals surface area contributed by atoms with Crippen molar-refractivity contribution in [2.45, 2.75) is 6.92 Å². The molecular weight excluding hydrogens is 300 g/mol. The lowest BCUT2D eigenvalue weighted by Crippen LogP contribution is -2.10. The first-order valence-electron chi connectivity index (χ1n) is 5.17. The molecule has 0 atom stereocenters. The van der Waals surface area contributed by atoms with E-state index >= 15 is 0 Å². The molecule has 0 saturated heterocycles. The Hall–Kier alpha value is -1.82. The number of nitrogens with zero attached hydrogens (tertiary/aromatic N) is 2. The number of aromatic nitrogens is 2. The molecule has 0 bridgehead atoms. The number of aryl methyl sites for hydroxylation is 1. The predicted octanol–water partition coefficient (Wildman–Crippen LogP) is 2.64. The number of ether oxygens (including phenoxy) is 1. The van der Waals surface area contributed by atoms with Gasteiger partial charge in [0.2, 0.25) is 0 Å². The third-order valence-corrected chi connectivity index (χ3v) is 3.04. The van der Waals surface area contributed by atoms with Crippen LogP contribution < -0.4 is 0 Å². The Morgan fingerprint density at radius 3 is 2.56 bits per heavy atom. The number of esters is 1. The van der Waals surface area contributed by atoms with Crippen LogP contribution in [0.15, 0.2) is 28.7 Å². The molecule has 0 unspecified atom stereocenters. The van der Waals surface area contributed by atoms with Crippen LogP contribution in [0, 0.1) is 6.92 Å². The highest BCUT2D eigenvalue weighted by molar-refractivity contribution is 9.10. The molecule has 0 fully saturated rings. The van der Waals surface area contributed by atoms with Crippen LogP contribution in [0.1, 0.15) is 16.2 Å². The van der Waals surface area contributed by atoms with Gasteiger partial charge in [-0.2, -0.15) is 4.73 Å². The summed E-state index contributed by atoms with van der Waals surface area (Å²) >= 11 is 3.33. The summed E-state index contributed by atoms with van der Waals surface area (Å²) in [5.74, 6) is -0.314. The standard InChI is InChI=1S/C12H11BrN2O3/c1-7-10(12(16)18-2)15(17)11(14-7)8-3-5-9(13)6-4-8/h3-6,17H,1-2H3. The van der Waals surface area contributed by atoms with Gasteiger partial charge in [-0.1, -0.05) is 28.1 Å². The Morgan fingerprint density at radius 1 is 1.39 bits per heavy atom. The monoisotopic (exact) mass is 310 g/mol. The van der Waals surface area contributed by atoms with Gasteiger partial charge >= 0.3 is 5.97 Å². The zero-order valence-electron chi connectivity index (χ0n) is 9.85. The van der Waals surface area contributed by atoms with Crippen LogP contribution in [-0.2, 0) is 4.74 Å². The molecule has 0 saturated carbocycles. The van der Waals surface area contributed by atoms with Gasteiger partial charge in [0.25, 0.3) is 0 Å². The molecule has 1 aromatic carbocycles. The van der Waals surface area contributed by atoms with Gasteiger partial charge in [0, 0.05) is 10.0 Å². The van der Waals surface area contributed by atoms with E-state index in [0.29, 0.717) is 17.1 Å². The number of carbonyl (C=O) groups excluding carboxylic acids is 1. The molecule has 18 heavy (non-hydrogen) atoms. The van der Waals surface area contributed by atoms with Crippen molar-refractivity contribution in [1.29, 1.82) is 0 Å². The molecule has 5 nitrogen and oxygen atoms in total. The van der Waals surface area contributed by atoms with E-state index < -0.39 is 5.97 Å². The van der Waals surface area contributed by atoms with Gasteiger partial charge in [-0.25, -0.2) is 9.78 Å². The second-order valence-electron chi connectivity index (χ2n) is 3.68. The largest absolute Gasteiger partial charge is 0.464 e. The zero-order valence-corrected chi connectivity index (χ0v) is 11.4. The summed E-state index contributed by atoms with van der Waals surface area (Å²) in [6.45, 7) is 1.64. The minimum atomic E-state index is -0.620.